The van der Waals surface area contributed by atoms with Gasteiger partial charge in [0.15, 0.2) is 5.65 Å². The number of benzene rings is 1. The fraction of sp³-hybridized carbons (Fsp3) is 0.348. The van der Waals surface area contributed by atoms with Gasteiger partial charge in [0.05, 0.1) is 29.8 Å². The van der Waals surface area contributed by atoms with Crippen LogP contribution in [0.15, 0.2) is 48.9 Å². The average molecular weight is 390 g/mol. The highest BCUT2D eigenvalue weighted by atomic mass is 16.2. The molecule has 3 aromatic heterocycles. The van der Waals surface area contributed by atoms with Crippen molar-refractivity contribution in [2.45, 2.75) is 32.6 Å². The normalized spacial score (nSPS) is 19.9. The first-order chi connectivity index (χ1) is 14.1. The van der Waals surface area contributed by atoms with Gasteiger partial charge in [0.1, 0.15) is 5.82 Å². The number of fused-ring (bicyclic) bond motifs is 3. The van der Waals surface area contributed by atoms with Crippen LogP contribution in [0.25, 0.3) is 16.7 Å². The maximum absolute atomic E-state index is 13.0. The van der Waals surface area contributed by atoms with E-state index in [0.717, 1.165) is 41.0 Å². The fourth-order valence-corrected chi connectivity index (χ4v) is 4.50. The maximum Gasteiger partial charge on any atom is 0.227 e. The molecule has 4 aromatic rings. The summed E-state index contributed by atoms with van der Waals surface area (Å²) in [5.41, 5.74) is 5.14. The monoisotopic (exact) mass is 389 g/mol. The Hall–Kier alpha value is -3.15. The Morgan fingerprint density at radius 2 is 2.14 bits per heavy atom. The Bertz CT molecular complexity index is 1200. The van der Waals surface area contributed by atoms with E-state index in [1.54, 1.807) is 0 Å². The van der Waals surface area contributed by atoms with Gasteiger partial charge in [-0.3, -0.25) is 9.20 Å². The number of rotatable bonds is 3. The van der Waals surface area contributed by atoms with E-state index in [2.05, 4.69) is 40.3 Å². The molecule has 29 heavy (non-hydrogen) atoms. The van der Waals surface area contributed by atoms with Crippen LogP contribution in [0.2, 0.25) is 0 Å². The molecule has 6 nitrogen and oxygen atoms in total. The molecule has 0 aliphatic carbocycles. The number of hydrogen-bond donors (Lipinski definition) is 1. The predicted octanol–water partition coefficient (Wildman–Crippen LogP) is 3.96. The average Bonchev–Trinajstić information content (AvgIpc) is 3.34. The minimum Gasteiger partial charge on any atom is -0.345 e. The van der Waals surface area contributed by atoms with Gasteiger partial charge >= 0.3 is 0 Å². The SMILES string of the molecule is Cc1cccc(CC(=O)N2CC[C@@H](C)[C@@H](c3ncc4cnc5[nH]ccc5n34)C2)c1.[HH]. The number of nitrogens with one attached hydrogen (secondary N) is 1. The van der Waals surface area contributed by atoms with Gasteiger partial charge in [-0.05, 0) is 30.9 Å². The van der Waals surface area contributed by atoms with Crippen molar-refractivity contribution in [3.8, 4) is 0 Å². The van der Waals surface area contributed by atoms with Gasteiger partial charge in [-0.25, -0.2) is 9.97 Å². The third-order valence-electron chi connectivity index (χ3n) is 6.17. The molecule has 5 rings (SSSR count). The Kier molecular flexibility index (Phi) is 4.34. The molecule has 1 amide bonds. The van der Waals surface area contributed by atoms with Crippen LogP contribution < -0.4 is 0 Å². The van der Waals surface area contributed by atoms with Gasteiger partial charge in [-0.15, -0.1) is 0 Å². The van der Waals surface area contributed by atoms with E-state index in [0.29, 0.717) is 18.9 Å². The zero-order valence-corrected chi connectivity index (χ0v) is 16.8. The first kappa shape index (κ1) is 17.9. The van der Waals surface area contributed by atoms with Crippen molar-refractivity contribution >= 4 is 22.6 Å². The molecular weight excluding hydrogens is 362 g/mol. The summed E-state index contributed by atoms with van der Waals surface area (Å²) in [5, 5.41) is 0. The third-order valence-corrected chi connectivity index (χ3v) is 6.17. The molecule has 0 unspecified atom stereocenters. The molecule has 6 heteroatoms. The summed E-state index contributed by atoms with van der Waals surface area (Å²) in [6.07, 6.45) is 7.08. The Balaban J connectivity index is 0.00000218. The Morgan fingerprint density at radius 3 is 3.00 bits per heavy atom. The number of aromatic nitrogens is 4. The number of amides is 1. The van der Waals surface area contributed by atoms with Gasteiger partial charge in [-0.2, -0.15) is 0 Å². The van der Waals surface area contributed by atoms with E-state index in [-0.39, 0.29) is 13.3 Å². The van der Waals surface area contributed by atoms with Crippen LogP contribution in [-0.2, 0) is 11.2 Å². The summed E-state index contributed by atoms with van der Waals surface area (Å²) >= 11 is 0. The molecule has 1 aliphatic heterocycles. The topological polar surface area (TPSA) is 66.3 Å². The summed E-state index contributed by atoms with van der Waals surface area (Å²) in [4.78, 5) is 27.4. The number of aryl methyl sites for hydroxylation is 1. The molecule has 1 fully saturated rings. The van der Waals surface area contributed by atoms with Crippen molar-refractivity contribution in [1.82, 2.24) is 24.3 Å². The van der Waals surface area contributed by atoms with E-state index in [1.165, 1.54) is 5.56 Å². The van der Waals surface area contributed by atoms with E-state index < -0.39 is 0 Å². The lowest BCUT2D eigenvalue weighted by Gasteiger charge is -2.36. The maximum atomic E-state index is 13.0. The second-order valence-corrected chi connectivity index (χ2v) is 8.22. The number of H-pyrrole nitrogens is 1. The second-order valence-electron chi connectivity index (χ2n) is 8.22. The van der Waals surface area contributed by atoms with E-state index >= 15 is 0 Å². The van der Waals surface area contributed by atoms with Crippen molar-refractivity contribution in [3.05, 3.63) is 65.9 Å². The highest BCUT2D eigenvalue weighted by molar-refractivity contribution is 5.79. The molecule has 1 N–H and O–H groups in total. The summed E-state index contributed by atoms with van der Waals surface area (Å²) in [6, 6.07) is 10.2. The van der Waals surface area contributed by atoms with Crippen molar-refractivity contribution in [1.29, 1.82) is 0 Å². The van der Waals surface area contributed by atoms with Crippen LogP contribution in [0.4, 0.5) is 0 Å². The highest BCUT2D eigenvalue weighted by Gasteiger charge is 2.32. The molecule has 1 saturated heterocycles. The van der Waals surface area contributed by atoms with Crippen LogP contribution >= 0.6 is 0 Å². The summed E-state index contributed by atoms with van der Waals surface area (Å²) in [5.74, 6) is 1.88. The lowest BCUT2D eigenvalue weighted by atomic mass is 9.86. The van der Waals surface area contributed by atoms with Gasteiger partial charge in [0, 0.05) is 26.6 Å². The number of piperidine rings is 1. The molecule has 0 spiro atoms. The van der Waals surface area contributed by atoms with Crippen LogP contribution in [0.3, 0.4) is 0 Å². The largest absolute Gasteiger partial charge is 0.345 e. The molecule has 0 saturated carbocycles. The zero-order chi connectivity index (χ0) is 20.0. The number of carbonyl (C=O) groups excluding carboxylic acids is 1. The van der Waals surface area contributed by atoms with Crippen LogP contribution in [0.5, 0.6) is 0 Å². The van der Waals surface area contributed by atoms with Gasteiger partial charge in [-0.1, -0.05) is 36.8 Å². The molecule has 1 aromatic carbocycles. The summed E-state index contributed by atoms with van der Waals surface area (Å²) in [6.45, 7) is 5.85. The van der Waals surface area contributed by atoms with E-state index in [1.807, 2.05) is 41.7 Å². The lowest BCUT2D eigenvalue weighted by molar-refractivity contribution is -0.132. The van der Waals surface area contributed by atoms with Crippen LogP contribution in [0, 0.1) is 12.8 Å². The molecule has 0 radical (unpaired) electrons. The van der Waals surface area contributed by atoms with Crippen LogP contribution in [-0.4, -0.2) is 43.2 Å². The Morgan fingerprint density at radius 1 is 1.28 bits per heavy atom. The number of hydrogen-bond acceptors (Lipinski definition) is 3. The van der Waals surface area contributed by atoms with Crippen molar-refractivity contribution < 1.29 is 6.22 Å². The van der Waals surface area contributed by atoms with Gasteiger partial charge in [0.25, 0.3) is 0 Å². The van der Waals surface area contributed by atoms with Gasteiger partial charge < -0.3 is 9.88 Å². The minimum atomic E-state index is 0. The molecule has 2 atom stereocenters. The highest BCUT2D eigenvalue weighted by Crippen LogP contribution is 2.33. The predicted molar refractivity (Wildman–Crippen MR) is 115 cm³/mol. The number of likely N-dealkylation sites (tertiary alicyclic amines) is 1. The Labute approximate surface area is 171 Å². The van der Waals surface area contributed by atoms with Crippen molar-refractivity contribution in [3.63, 3.8) is 0 Å². The van der Waals surface area contributed by atoms with Crippen LogP contribution in [0.1, 0.15) is 37.6 Å². The van der Waals surface area contributed by atoms with E-state index in [4.69, 9.17) is 4.98 Å². The number of nitrogens with zero attached hydrogens (tertiary/aromatic N) is 4. The first-order valence-electron chi connectivity index (χ1n) is 10.2. The van der Waals surface area contributed by atoms with E-state index in [9.17, 15) is 4.79 Å². The minimum absolute atomic E-state index is 0. The summed E-state index contributed by atoms with van der Waals surface area (Å²) < 4.78 is 2.19. The fourth-order valence-electron chi connectivity index (χ4n) is 4.50. The summed E-state index contributed by atoms with van der Waals surface area (Å²) in [7, 11) is 0. The van der Waals surface area contributed by atoms with Gasteiger partial charge in [0.2, 0.25) is 5.91 Å². The third kappa shape index (κ3) is 3.18. The van der Waals surface area contributed by atoms with Crippen molar-refractivity contribution in [2.24, 2.45) is 5.92 Å². The zero-order valence-electron chi connectivity index (χ0n) is 16.8. The molecule has 1 aliphatic rings. The molecular formula is C23H27N5O. The second kappa shape index (κ2) is 7.03. The number of carbonyl (C=O) groups is 1. The first-order valence-corrected chi connectivity index (χ1v) is 10.2. The number of imidazole rings is 1. The quantitative estimate of drug-likeness (QED) is 0.577. The number of aromatic amines is 1. The molecule has 4 heterocycles. The standard InChI is InChI=1S/C23H25N5O.H2/c1-15-4-3-5-17(10-15)11-21(29)27-9-7-16(2)19(14-27)23-26-13-18-12-25-22-20(28(18)23)6-8-24-22;/h3-6,8,10,12-13,16,19,24H,7,9,11,14H2,1-2H3;1H/t16-,19+;/m1./s1. The molecule has 150 valence electrons. The smallest absolute Gasteiger partial charge is 0.227 e. The molecule has 0 bridgehead atoms. The van der Waals surface area contributed by atoms with Crippen molar-refractivity contribution in [2.75, 3.05) is 13.1 Å². The lowest BCUT2D eigenvalue weighted by Crippen LogP contribution is -2.43.